The number of carbonyl (C=O) groups is 1. The smallest absolute Gasteiger partial charge is 0.355 e. The zero-order chi connectivity index (χ0) is 29.7. The highest BCUT2D eigenvalue weighted by atomic mass is 16.7. The largest absolute Gasteiger partial charge is 0.508 e. The minimum atomic E-state index is -2.73. The molecule has 2 atom stereocenters. The summed E-state index contributed by atoms with van der Waals surface area (Å²) in [7, 11) is 0. The van der Waals surface area contributed by atoms with Crippen LogP contribution in [0.4, 0.5) is 0 Å². The second kappa shape index (κ2) is 8.08. The second-order valence-corrected chi connectivity index (χ2v) is 9.87. The van der Waals surface area contributed by atoms with Crippen LogP contribution >= 0.6 is 0 Å². The van der Waals surface area contributed by atoms with Crippen LogP contribution in [0.15, 0.2) is 75.9 Å². The molecule has 2 unspecified atom stereocenters. The molecule has 0 bridgehead atoms. The third-order valence-electron chi connectivity index (χ3n) is 7.44. The van der Waals surface area contributed by atoms with E-state index >= 15 is 0 Å². The SMILES string of the molecule is O=C1c2c(O)cc(O)cc2OC12Oc1cc(O)c3c(=O)c(O)c(-c4ccc(O)cc4)oc3c1C2(O)c1ccc(O)cc1. The van der Waals surface area contributed by atoms with Crippen molar-refractivity contribution in [1.82, 2.24) is 0 Å². The summed E-state index contributed by atoms with van der Waals surface area (Å²) >= 11 is 0. The molecule has 0 saturated heterocycles. The van der Waals surface area contributed by atoms with E-state index in [0.717, 1.165) is 18.2 Å². The Kier molecular flexibility index (Phi) is 4.83. The van der Waals surface area contributed by atoms with Crippen LogP contribution in [0.1, 0.15) is 21.5 Å². The number of Topliss-reactive ketones (excluding diaryl/α,β-unsaturated/α-hetero) is 1. The standard InChI is InChI=1S/C30H18O12/c31-14-5-1-12(2-6-14)26-25(37)24(36)22-18(35)11-20-23(27(22)40-26)29(39,13-3-7-15(32)8-4-13)30(42-20)28(38)21-17(34)9-16(33)10-19(21)41-30/h1-11,31-35,37,39H. The van der Waals surface area contributed by atoms with Gasteiger partial charge in [0.25, 0.3) is 5.78 Å². The maximum atomic E-state index is 14.0. The van der Waals surface area contributed by atoms with Crippen molar-refractivity contribution in [2.45, 2.75) is 11.4 Å². The molecule has 0 radical (unpaired) electrons. The molecule has 210 valence electrons. The number of carbonyl (C=O) groups excluding carboxylic acids is 1. The molecule has 7 rings (SSSR count). The fraction of sp³-hybridized carbons (Fsp3) is 0.0667. The average molecular weight is 570 g/mol. The molecule has 0 aliphatic carbocycles. The average Bonchev–Trinajstić information content (AvgIpc) is 3.37. The normalized spacial score (nSPS) is 20.4. The summed E-state index contributed by atoms with van der Waals surface area (Å²) in [4.78, 5) is 27.4. The van der Waals surface area contributed by atoms with Crippen molar-refractivity contribution in [3.05, 3.63) is 93.6 Å². The number of hydrogen-bond acceptors (Lipinski definition) is 12. The minimum Gasteiger partial charge on any atom is -0.508 e. The third kappa shape index (κ3) is 3.03. The van der Waals surface area contributed by atoms with Gasteiger partial charge in [0.05, 0.1) is 5.56 Å². The molecule has 0 saturated carbocycles. The molecular formula is C30H18O12. The highest BCUT2D eigenvalue weighted by molar-refractivity contribution is 6.11. The molecule has 7 N–H and O–H groups in total. The van der Waals surface area contributed by atoms with Crippen molar-refractivity contribution in [2.24, 2.45) is 0 Å². The first-order valence-electron chi connectivity index (χ1n) is 12.3. The number of ketones is 1. The maximum Gasteiger partial charge on any atom is 0.355 e. The molecular weight excluding hydrogens is 552 g/mol. The molecule has 42 heavy (non-hydrogen) atoms. The number of benzene rings is 4. The molecule has 12 nitrogen and oxygen atoms in total. The van der Waals surface area contributed by atoms with Crippen LogP contribution in [0.25, 0.3) is 22.3 Å². The molecule has 12 heteroatoms. The Hall–Kier alpha value is -5.88. The van der Waals surface area contributed by atoms with Gasteiger partial charge in [-0.2, -0.15) is 0 Å². The number of ether oxygens (including phenoxy) is 2. The molecule has 1 aromatic heterocycles. The fourth-order valence-electron chi connectivity index (χ4n) is 5.54. The molecule has 0 amide bonds. The van der Waals surface area contributed by atoms with Gasteiger partial charge >= 0.3 is 5.79 Å². The molecule has 1 spiro atoms. The number of hydrogen-bond donors (Lipinski definition) is 7. The highest BCUT2D eigenvalue weighted by Crippen LogP contribution is 2.60. The predicted molar refractivity (Wildman–Crippen MR) is 142 cm³/mol. The summed E-state index contributed by atoms with van der Waals surface area (Å²) in [6, 6.07) is 13.0. The molecule has 0 fully saturated rings. The predicted octanol–water partition coefficient (Wildman–Crippen LogP) is 3.29. The first-order chi connectivity index (χ1) is 20.0. The van der Waals surface area contributed by atoms with Gasteiger partial charge in [-0.25, -0.2) is 0 Å². The van der Waals surface area contributed by atoms with Crippen LogP contribution in [-0.2, 0) is 5.60 Å². The van der Waals surface area contributed by atoms with Crippen LogP contribution in [0.2, 0.25) is 0 Å². The van der Waals surface area contributed by atoms with E-state index in [1.54, 1.807) is 0 Å². The summed E-state index contributed by atoms with van der Waals surface area (Å²) in [5, 5.41) is 73.9. The van der Waals surface area contributed by atoms with Crippen molar-refractivity contribution in [3.8, 4) is 57.3 Å². The summed E-state index contributed by atoms with van der Waals surface area (Å²) in [6.07, 6.45) is 0. The van der Waals surface area contributed by atoms with Crippen LogP contribution in [0.3, 0.4) is 0 Å². The minimum absolute atomic E-state index is 0.0992. The lowest BCUT2D eigenvalue weighted by molar-refractivity contribution is -0.166. The van der Waals surface area contributed by atoms with Gasteiger partial charge in [0.2, 0.25) is 16.8 Å². The second-order valence-electron chi connectivity index (χ2n) is 9.87. The lowest BCUT2D eigenvalue weighted by Gasteiger charge is -2.35. The van der Waals surface area contributed by atoms with E-state index in [1.807, 2.05) is 0 Å². The Morgan fingerprint density at radius 1 is 0.667 bits per heavy atom. The Morgan fingerprint density at radius 2 is 1.29 bits per heavy atom. The summed E-state index contributed by atoms with van der Waals surface area (Å²) < 4.78 is 17.9. The lowest BCUT2D eigenvalue weighted by atomic mass is 9.77. The van der Waals surface area contributed by atoms with Gasteiger partial charge in [0.1, 0.15) is 51.2 Å². The first-order valence-corrected chi connectivity index (χ1v) is 12.3. The van der Waals surface area contributed by atoms with Gasteiger partial charge in [0.15, 0.2) is 11.3 Å². The Balaban J connectivity index is 1.59. The van der Waals surface area contributed by atoms with Gasteiger partial charge in [-0.3, -0.25) is 9.59 Å². The van der Waals surface area contributed by atoms with Crippen LogP contribution < -0.4 is 14.9 Å². The first kappa shape index (κ1) is 25.1. The van der Waals surface area contributed by atoms with E-state index in [9.17, 15) is 45.3 Å². The molecule has 5 aromatic rings. The van der Waals surface area contributed by atoms with Crippen LogP contribution in [-0.4, -0.2) is 47.3 Å². The summed E-state index contributed by atoms with van der Waals surface area (Å²) in [5.74, 6) is -7.91. The Labute approximate surface area is 233 Å². The quantitative estimate of drug-likeness (QED) is 0.163. The third-order valence-corrected chi connectivity index (χ3v) is 7.44. The van der Waals surface area contributed by atoms with E-state index in [-0.39, 0.29) is 45.4 Å². The van der Waals surface area contributed by atoms with Gasteiger partial charge < -0.3 is 49.6 Å². The number of fused-ring (bicyclic) bond motifs is 4. The topological polar surface area (TPSA) is 207 Å². The van der Waals surface area contributed by atoms with Gasteiger partial charge in [-0.15, -0.1) is 0 Å². The zero-order valence-electron chi connectivity index (χ0n) is 21.0. The molecule has 2 aliphatic heterocycles. The van der Waals surface area contributed by atoms with Gasteiger partial charge in [-0.1, -0.05) is 12.1 Å². The molecule has 3 heterocycles. The fourth-order valence-corrected chi connectivity index (χ4v) is 5.54. The number of rotatable bonds is 2. The van der Waals surface area contributed by atoms with Gasteiger partial charge in [0, 0.05) is 23.8 Å². The Morgan fingerprint density at radius 3 is 1.95 bits per heavy atom. The summed E-state index contributed by atoms with van der Waals surface area (Å²) in [5.41, 5.74) is -5.00. The van der Waals surface area contributed by atoms with E-state index in [0.29, 0.717) is 0 Å². The molecule has 2 aliphatic rings. The lowest BCUT2D eigenvalue weighted by Crippen LogP contribution is -2.59. The van der Waals surface area contributed by atoms with Gasteiger partial charge in [-0.05, 0) is 42.0 Å². The highest BCUT2D eigenvalue weighted by Gasteiger charge is 2.72. The van der Waals surface area contributed by atoms with Crippen molar-refractivity contribution in [1.29, 1.82) is 0 Å². The molecule has 4 aromatic carbocycles. The Bertz CT molecular complexity index is 2050. The van der Waals surface area contributed by atoms with E-state index in [1.165, 1.54) is 48.5 Å². The monoisotopic (exact) mass is 570 g/mol. The van der Waals surface area contributed by atoms with Crippen molar-refractivity contribution < 1.29 is 54.4 Å². The maximum absolute atomic E-state index is 14.0. The number of phenolic OH excluding ortho intramolecular Hbond substituents is 5. The van der Waals surface area contributed by atoms with E-state index in [2.05, 4.69) is 0 Å². The van der Waals surface area contributed by atoms with Crippen LogP contribution in [0, 0.1) is 0 Å². The van der Waals surface area contributed by atoms with Crippen LogP contribution in [0.5, 0.6) is 46.0 Å². The van der Waals surface area contributed by atoms with Crippen molar-refractivity contribution >= 4 is 16.8 Å². The van der Waals surface area contributed by atoms with Crippen molar-refractivity contribution in [2.75, 3.05) is 0 Å². The van der Waals surface area contributed by atoms with E-state index < -0.39 is 62.1 Å². The summed E-state index contributed by atoms with van der Waals surface area (Å²) in [6.45, 7) is 0. The van der Waals surface area contributed by atoms with Crippen molar-refractivity contribution in [3.63, 3.8) is 0 Å². The zero-order valence-corrected chi connectivity index (χ0v) is 21.0. The number of aromatic hydroxyl groups is 6. The number of phenols is 5. The van der Waals surface area contributed by atoms with E-state index in [4.69, 9.17) is 13.9 Å². The number of aliphatic hydroxyl groups is 1.